The van der Waals surface area contributed by atoms with Crippen LogP contribution in [0.4, 0.5) is 5.95 Å². The number of likely N-dealkylation sites (tertiary alicyclic amines) is 1. The first-order valence-electron chi connectivity index (χ1n) is 19.3. The molecule has 2 saturated heterocycles. The third-order valence-corrected chi connectivity index (χ3v) is 10.7. The van der Waals surface area contributed by atoms with Gasteiger partial charge in [0, 0.05) is 54.6 Å². The van der Waals surface area contributed by atoms with Gasteiger partial charge in [0.1, 0.15) is 12.4 Å². The summed E-state index contributed by atoms with van der Waals surface area (Å²) in [6.07, 6.45) is 10.1. The minimum absolute atomic E-state index is 0.0213. The molecule has 8 rings (SSSR count). The maximum atomic E-state index is 12.7. The van der Waals surface area contributed by atoms with Crippen LogP contribution >= 0.6 is 0 Å². The molecule has 2 aromatic carbocycles. The number of imide groups is 1. The molecule has 15 nitrogen and oxygen atoms in total. The first-order chi connectivity index (χ1) is 27.5. The predicted molar refractivity (Wildman–Crippen MR) is 212 cm³/mol. The van der Waals surface area contributed by atoms with E-state index in [1.807, 2.05) is 62.9 Å². The summed E-state index contributed by atoms with van der Waals surface area (Å²) in [5.41, 5.74) is 8.84. The van der Waals surface area contributed by atoms with Crippen molar-refractivity contribution in [3.63, 3.8) is 0 Å². The number of hydrogen-bond donors (Lipinski definition) is 3. The zero-order chi connectivity index (χ0) is 39.7. The van der Waals surface area contributed by atoms with Gasteiger partial charge in [0.25, 0.3) is 11.7 Å². The van der Waals surface area contributed by atoms with Gasteiger partial charge in [-0.2, -0.15) is 10.1 Å². The number of anilines is 1. The number of carbonyl (C=O) groups is 3. The number of nitrogens with one attached hydrogen (secondary N) is 3. The molecule has 292 valence electrons. The lowest BCUT2D eigenvalue weighted by molar-refractivity contribution is -0.133. The molecule has 0 unspecified atom stereocenters. The van der Waals surface area contributed by atoms with Crippen molar-refractivity contribution in [2.45, 2.75) is 83.8 Å². The van der Waals surface area contributed by atoms with E-state index in [4.69, 9.17) is 4.52 Å². The fraction of sp³-hybridized carbons (Fsp3) is 0.357. The summed E-state index contributed by atoms with van der Waals surface area (Å²) in [7, 11) is 0. The van der Waals surface area contributed by atoms with Crippen molar-refractivity contribution in [3.8, 4) is 22.4 Å². The number of aromatic nitrogens is 7. The van der Waals surface area contributed by atoms with Crippen LogP contribution < -0.4 is 16.0 Å². The predicted octanol–water partition coefficient (Wildman–Crippen LogP) is 5.37. The third-order valence-electron chi connectivity index (χ3n) is 10.7. The number of fused-ring (bicyclic) bond motifs is 1. The monoisotopic (exact) mass is 767 g/mol. The molecule has 3 amide bonds. The van der Waals surface area contributed by atoms with Crippen LogP contribution in [0.1, 0.15) is 91.1 Å². The number of carbonyl (C=O) groups excluding carboxylic acids is 3. The summed E-state index contributed by atoms with van der Waals surface area (Å²) in [6.45, 7) is 11.0. The molecular weight excluding hydrogens is 723 g/mol. The standard InChI is InChI=1S/C42H45N11O4/c1-25-17-29(9-10-30(25)19-43-39(56)37-50-40(57-51-37)42(2,3)4)36-34-18-31(23-53(34)47-24-46-36)27-7-5-26(6-8-27)22-52-15-13-28(14-16-52)32-20-44-41(45-21-32)48-33-11-12-35(54)49-38(33)55/h5-10,17-18,20-21,23-24,28,33H,11-16,19,22H2,1-4H3,(H,43,56)(H,44,45,48)(H,49,54,55)/t33-/m0/s1. The zero-order valence-electron chi connectivity index (χ0n) is 32.5. The van der Waals surface area contributed by atoms with E-state index in [9.17, 15) is 14.4 Å². The molecule has 0 saturated carbocycles. The van der Waals surface area contributed by atoms with Gasteiger partial charge < -0.3 is 15.2 Å². The molecule has 2 aliphatic heterocycles. The number of hydrogen-bond acceptors (Lipinski definition) is 12. The van der Waals surface area contributed by atoms with Crippen LogP contribution in [0.2, 0.25) is 0 Å². The molecule has 1 atom stereocenters. The molecule has 6 heterocycles. The highest BCUT2D eigenvalue weighted by atomic mass is 16.5. The molecule has 0 radical (unpaired) electrons. The highest BCUT2D eigenvalue weighted by molar-refractivity contribution is 6.01. The van der Waals surface area contributed by atoms with Crippen LogP contribution in [0.25, 0.3) is 27.9 Å². The molecule has 0 bridgehead atoms. The first-order valence-corrected chi connectivity index (χ1v) is 19.3. The molecule has 3 N–H and O–H groups in total. The second-order valence-electron chi connectivity index (χ2n) is 15.9. The molecular formula is C42H45N11O4. The molecule has 6 aromatic rings. The number of aryl methyl sites for hydroxylation is 1. The van der Waals surface area contributed by atoms with E-state index < -0.39 is 6.04 Å². The van der Waals surface area contributed by atoms with Crippen LogP contribution in [0.5, 0.6) is 0 Å². The van der Waals surface area contributed by atoms with Crippen molar-refractivity contribution >= 4 is 29.2 Å². The van der Waals surface area contributed by atoms with Gasteiger partial charge >= 0.3 is 0 Å². The van der Waals surface area contributed by atoms with Gasteiger partial charge in [-0.3, -0.25) is 24.6 Å². The highest BCUT2D eigenvalue weighted by Crippen LogP contribution is 2.31. The van der Waals surface area contributed by atoms with Crippen LogP contribution in [0.3, 0.4) is 0 Å². The van der Waals surface area contributed by atoms with Crippen LogP contribution in [0.15, 0.2) is 78.0 Å². The third kappa shape index (κ3) is 8.43. The normalized spacial score (nSPS) is 16.8. The molecule has 4 aromatic heterocycles. The van der Waals surface area contributed by atoms with Crippen molar-refractivity contribution in [1.29, 1.82) is 0 Å². The van der Waals surface area contributed by atoms with Gasteiger partial charge in [0.15, 0.2) is 0 Å². The lowest BCUT2D eigenvalue weighted by Crippen LogP contribution is -2.47. The van der Waals surface area contributed by atoms with Gasteiger partial charge in [-0.15, -0.1) is 0 Å². The van der Waals surface area contributed by atoms with E-state index in [0.29, 0.717) is 37.1 Å². The Morgan fingerprint density at radius 1 is 0.947 bits per heavy atom. The molecule has 57 heavy (non-hydrogen) atoms. The first kappa shape index (κ1) is 37.6. The molecule has 2 fully saturated rings. The smallest absolute Gasteiger partial charge is 0.292 e. The summed E-state index contributed by atoms with van der Waals surface area (Å²) in [5.74, 6) is 0.250. The van der Waals surface area contributed by atoms with Crippen LogP contribution in [-0.4, -0.2) is 76.5 Å². The van der Waals surface area contributed by atoms with Crippen molar-refractivity contribution in [3.05, 3.63) is 107 Å². The van der Waals surface area contributed by atoms with Gasteiger partial charge in [0.2, 0.25) is 23.7 Å². The average molecular weight is 768 g/mol. The fourth-order valence-corrected chi connectivity index (χ4v) is 7.32. The molecule has 15 heteroatoms. The van der Waals surface area contributed by atoms with Gasteiger partial charge in [0.05, 0.1) is 11.2 Å². The van der Waals surface area contributed by atoms with E-state index >= 15 is 0 Å². The Kier molecular flexibility index (Phi) is 10.3. The molecule has 2 aliphatic rings. The van der Waals surface area contributed by atoms with Crippen molar-refractivity contribution in [2.75, 3.05) is 18.4 Å². The van der Waals surface area contributed by atoms with Crippen molar-refractivity contribution in [1.82, 2.24) is 50.2 Å². The minimum atomic E-state index is -0.501. The van der Waals surface area contributed by atoms with Crippen LogP contribution in [0, 0.1) is 6.92 Å². The Bertz CT molecular complexity index is 2430. The number of rotatable bonds is 10. The van der Waals surface area contributed by atoms with E-state index in [1.54, 1.807) is 6.33 Å². The summed E-state index contributed by atoms with van der Waals surface area (Å²) in [6, 6.07) is 16.4. The largest absolute Gasteiger partial charge is 0.345 e. The van der Waals surface area contributed by atoms with Gasteiger partial charge in [-0.1, -0.05) is 62.3 Å². The maximum Gasteiger partial charge on any atom is 0.292 e. The lowest BCUT2D eigenvalue weighted by atomic mass is 9.91. The Labute approximate surface area is 329 Å². The van der Waals surface area contributed by atoms with Gasteiger partial charge in [-0.25, -0.2) is 19.5 Å². The van der Waals surface area contributed by atoms with E-state index in [1.165, 1.54) is 5.56 Å². The van der Waals surface area contributed by atoms with Gasteiger partial charge in [-0.05, 0) is 85.1 Å². The summed E-state index contributed by atoms with van der Waals surface area (Å²) >= 11 is 0. The zero-order valence-corrected chi connectivity index (χ0v) is 32.5. The van der Waals surface area contributed by atoms with E-state index in [2.05, 4.69) is 87.4 Å². The molecule has 0 aliphatic carbocycles. The SMILES string of the molecule is Cc1cc(-c2ncnn3cc(-c4ccc(CN5CCC(c6cnc(N[C@H]7CCC(=O)NC7=O)nc6)CC5)cc4)cc23)ccc1CNC(=O)c1noc(C(C)(C)C)n1. The highest BCUT2D eigenvalue weighted by Gasteiger charge is 2.28. The van der Waals surface area contributed by atoms with Crippen molar-refractivity contribution in [2.24, 2.45) is 0 Å². The topological polar surface area (TPSA) is 185 Å². The van der Waals surface area contributed by atoms with E-state index in [0.717, 1.165) is 77.1 Å². The summed E-state index contributed by atoms with van der Waals surface area (Å²) in [5, 5.41) is 16.6. The Morgan fingerprint density at radius 2 is 1.70 bits per heavy atom. The van der Waals surface area contributed by atoms with Crippen LogP contribution in [-0.2, 0) is 28.1 Å². The second-order valence-corrected chi connectivity index (χ2v) is 15.9. The number of benzene rings is 2. The Balaban J connectivity index is 0.858. The van der Waals surface area contributed by atoms with E-state index in [-0.39, 0.29) is 29.0 Å². The second kappa shape index (κ2) is 15.7. The average Bonchev–Trinajstić information content (AvgIpc) is 3.89. The van der Waals surface area contributed by atoms with Crippen molar-refractivity contribution < 1.29 is 18.9 Å². The number of piperidine rings is 2. The molecule has 0 spiro atoms. The number of amides is 3. The summed E-state index contributed by atoms with van der Waals surface area (Å²) in [4.78, 5) is 56.5. The summed E-state index contributed by atoms with van der Waals surface area (Å²) < 4.78 is 7.13. The maximum absolute atomic E-state index is 12.7. The lowest BCUT2D eigenvalue weighted by Gasteiger charge is -2.32. The Hall–Kier alpha value is -6.35. The Morgan fingerprint density at radius 3 is 2.40 bits per heavy atom. The number of nitrogens with zero attached hydrogens (tertiary/aromatic N) is 8. The quantitative estimate of drug-likeness (QED) is 0.152. The minimum Gasteiger partial charge on any atom is -0.345 e. The fourth-order valence-electron chi connectivity index (χ4n) is 7.32.